The van der Waals surface area contributed by atoms with Crippen molar-refractivity contribution in [3.8, 4) is 0 Å². The third-order valence-electron chi connectivity index (χ3n) is 3.85. The van der Waals surface area contributed by atoms with Gasteiger partial charge in [-0.2, -0.15) is 0 Å². The number of likely N-dealkylation sites (tertiary alicyclic amines) is 1. The van der Waals surface area contributed by atoms with E-state index in [-0.39, 0.29) is 0 Å². The van der Waals surface area contributed by atoms with Gasteiger partial charge in [0.05, 0.1) is 19.8 Å². The van der Waals surface area contributed by atoms with E-state index in [9.17, 15) is 0 Å². The van der Waals surface area contributed by atoms with Crippen molar-refractivity contribution in [1.29, 1.82) is 0 Å². The van der Waals surface area contributed by atoms with Gasteiger partial charge in [0.1, 0.15) is 0 Å². The molecule has 2 N–H and O–H groups in total. The Bertz CT molecular complexity index is 441. The molecule has 0 amide bonds. The van der Waals surface area contributed by atoms with Crippen molar-refractivity contribution >= 4 is 17.3 Å². The van der Waals surface area contributed by atoms with Gasteiger partial charge in [-0.25, -0.2) is 0 Å². The predicted molar refractivity (Wildman–Crippen MR) is 75.0 cm³/mol. The van der Waals surface area contributed by atoms with E-state index in [0.717, 1.165) is 48.7 Å². The minimum Gasteiger partial charge on any atom is -0.398 e. The number of ether oxygens (including phenoxy) is 2. The molecule has 2 fully saturated rings. The van der Waals surface area contributed by atoms with E-state index in [1.54, 1.807) is 0 Å². The van der Waals surface area contributed by atoms with Crippen molar-refractivity contribution < 1.29 is 9.47 Å². The lowest BCUT2D eigenvalue weighted by atomic mass is 10.0. The molecule has 1 aromatic carbocycles. The molecular weight excluding hydrogens is 264 g/mol. The Labute approximate surface area is 118 Å². The average Bonchev–Trinajstić information content (AvgIpc) is 2.82. The summed E-state index contributed by atoms with van der Waals surface area (Å²) in [5.41, 5.74) is 7.76. The normalized spacial score (nSPS) is 23.0. The predicted octanol–water partition coefficient (Wildman–Crippen LogP) is 2.26. The molecular formula is C14H19ClN2O2. The van der Waals surface area contributed by atoms with E-state index >= 15 is 0 Å². The van der Waals surface area contributed by atoms with Crippen LogP contribution in [0.4, 0.5) is 5.69 Å². The monoisotopic (exact) mass is 282 g/mol. The van der Waals surface area contributed by atoms with E-state index in [4.69, 9.17) is 26.8 Å². The summed E-state index contributed by atoms with van der Waals surface area (Å²) < 4.78 is 11.6. The molecule has 1 spiro atoms. The first kappa shape index (κ1) is 13.2. The van der Waals surface area contributed by atoms with Gasteiger partial charge in [0.2, 0.25) is 0 Å². The summed E-state index contributed by atoms with van der Waals surface area (Å²) in [6, 6.07) is 5.65. The van der Waals surface area contributed by atoms with Crippen LogP contribution in [0, 0.1) is 0 Å². The van der Waals surface area contributed by atoms with E-state index in [1.165, 1.54) is 0 Å². The first-order chi connectivity index (χ1) is 9.19. The summed E-state index contributed by atoms with van der Waals surface area (Å²) in [5, 5.41) is 0.730. The van der Waals surface area contributed by atoms with Gasteiger partial charge in [-0.1, -0.05) is 17.7 Å². The molecule has 2 aliphatic rings. The number of anilines is 1. The Morgan fingerprint density at radius 2 is 2.11 bits per heavy atom. The second-order valence-corrected chi connectivity index (χ2v) is 5.64. The lowest BCUT2D eigenvalue weighted by Gasteiger charge is -2.38. The molecule has 0 aromatic heterocycles. The molecule has 0 radical (unpaired) electrons. The first-order valence-electron chi connectivity index (χ1n) is 6.72. The number of halogens is 1. The lowest BCUT2D eigenvalue weighted by Crippen LogP contribution is -2.48. The van der Waals surface area contributed by atoms with Crippen molar-refractivity contribution in [1.82, 2.24) is 4.90 Å². The highest BCUT2D eigenvalue weighted by Gasteiger charge is 2.40. The summed E-state index contributed by atoms with van der Waals surface area (Å²) in [7, 11) is 0. The van der Waals surface area contributed by atoms with Crippen LogP contribution in [-0.2, 0) is 16.0 Å². The molecule has 0 atom stereocenters. The molecule has 1 aromatic rings. The number of benzene rings is 1. The van der Waals surface area contributed by atoms with Crippen molar-refractivity contribution in [3.05, 3.63) is 28.8 Å². The SMILES string of the molecule is Nc1cccc(Cl)c1CN1CCCC2(C1)OCCO2. The van der Waals surface area contributed by atoms with E-state index in [0.29, 0.717) is 13.2 Å². The summed E-state index contributed by atoms with van der Waals surface area (Å²) in [6.45, 7) is 3.96. The lowest BCUT2D eigenvalue weighted by molar-refractivity contribution is -0.190. The van der Waals surface area contributed by atoms with Gasteiger partial charge in [0.15, 0.2) is 5.79 Å². The van der Waals surface area contributed by atoms with Gasteiger partial charge in [0.25, 0.3) is 0 Å². The molecule has 19 heavy (non-hydrogen) atoms. The van der Waals surface area contributed by atoms with Gasteiger partial charge in [-0.3, -0.25) is 4.90 Å². The van der Waals surface area contributed by atoms with Crippen LogP contribution in [0.1, 0.15) is 18.4 Å². The molecule has 5 heteroatoms. The Hall–Kier alpha value is -0.810. The fourth-order valence-corrected chi connectivity index (χ4v) is 3.15. The van der Waals surface area contributed by atoms with Crippen molar-refractivity contribution in [3.63, 3.8) is 0 Å². The minimum atomic E-state index is -0.395. The summed E-state index contributed by atoms with van der Waals surface area (Å²) in [4.78, 5) is 2.31. The third kappa shape index (κ3) is 2.72. The van der Waals surface area contributed by atoms with Crippen molar-refractivity contribution in [2.24, 2.45) is 0 Å². The number of piperidine rings is 1. The molecule has 0 unspecified atom stereocenters. The van der Waals surface area contributed by atoms with E-state index in [1.807, 2.05) is 18.2 Å². The van der Waals surface area contributed by atoms with Crippen LogP contribution in [0.25, 0.3) is 0 Å². The maximum Gasteiger partial charge on any atom is 0.181 e. The summed E-state index contributed by atoms with van der Waals surface area (Å²) in [5.74, 6) is -0.395. The molecule has 2 aliphatic heterocycles. The van der Waals surface area contributed by atoms with Gasteiger partial charge in [0, 0.05) is 29.2 Å². The Morgan fingerprint density at radius 1 is 1.32 bits per heavy atom. The molecule has 4 nitrogen and oxygen atoms in total. The van der Waals surface area contributed by atoms with Crippen LogP contribution < -0.4 is 5.73 Å². The Balaban J connectivity index is 1.73. The standard InChI is InChI=1S/C14H19ClN2O2/c15-12-3-1-4-13(16)11(12)9-17-6-2-5-14(10-17)18-7-8-19-14/h1,3-4H,2,5-10,16H2. The zero-order valence-corrected chi connectivity index (χ0v) is 11.7. The fraction of sp³-hybridized carbons (Fsp3) is 0.571. The fourth-order valence-electron chi connectivity index (χ4n) is 2.90. The first-order valence-corrected chi connectivity index (χ1v) is 7.09. The number of nitrogens with two attached hydrogens (primary N) is 1. The highest BCUT2D eigenvalue weighted by atomic mass is 35.5. The number of hydrogen-bond donors (Lipinski definition) is 1. The topological polar surface area (TPSA) is 47.7 Å². The minimum absolute atomic E-state index is 0.395. The van der Waals surface area contributed by atoms with Gasteiger partial charge in [-0.15, -0.1) is 0 Å². The van der Waals surface area contributed by atoms with Gasteiger partial charge < -0.3 is 15.2 Å². The maximum absolute atomic E-state index is 6.23. The van der Waals surface area contributed by atoms with Crippen molar-refractivity contribution in [2.45, 2.75) is 25.2 Å². The molecule has 2 saturated heterocycles. The van der Waals surface area contributed by atoms with Crippen LogP contribution in [-0.4, -0.2) is 37.0 Å². The highest BCUT2D eigenvalue weighted by Crippen LogP contribution is 2.32. The number of hydrogen-bond acceptors (Lipinski definition) is 4. The molecule has 0 aliphatic carbocycles. The molecule has 3 rings (SSSR count). The summed E-state index contributed by atoms with van der Waals surface area (Å²) >= 11 is 6.23. The largest absolute Gasteiger partial charge is 0.398 e. The van der Waals surface area contributed by atoms with Crippen molar-refractivity contribution in [2.75, 3.05) is 32.0 Å². The van der Waals surface area contributed by atoms with Gasteiger partial charge >= 0.3 is 0 Å². The second-order valence-electron chi connectivity index (χ2n) is 5.23. The number of rotatable bonds is 2. The molecule has 0 bridgehead atoms. The quantitative estimate of drug-likeness (QED) is 0.846. The zero-order chi connectivity index (χ0) is 13.3. The average molecular weight is 283 g/mol. The van der Waals surface area contributed by atoms with Crippen LogP contribution in [0.5, 0.6) is 0 Å². The number of nitrogen functional groups attached to an aromatic ring is 1. The van der Waals surface area contributed by atoms with Crippen LogP contribution >= 0.6 is 11.6 Å². The molecule has 104 valence electrons. The zero-order valence-electron chi connectivity index (χ0n) is 10.9. The molecule has 0 saturated carbocycles. The highest BCUT2D eigenvalue weighted by molar-refractivity contribution is 6.31. The van der Waals surface area contributed by atoms with Crippen LogP contribution in [0.3, 0.4) is 0 Å². The Morgan fingerprint density at radius 3 is 2.84 bits per heavy atom. The third-order valence-corrected chi connectivity index (χ3v) is 4.20. The van der Waals surface area contributed by atoms with Gasteiger partial charge in [-0.05, 0) is 25.1 Å². The Kier molecular flexibility index (Phi) is 3.67. The smallest absolute Gasteiger partial charge is 0.181 e. The van der Waals surface area contributed by atoms with E-state index < -0.39 is 5.79 Å². The summed E-state index contributed by atoms with van der Waals surface area (Å²) in [6.07, 6.45) is 2.05. The molecule has 2 heterocycles. The van der Waals surface area contributed by atoms with E-state index in [2.05, 4.69) is 4.90 Å². The van der Waals surface area contributed by atoms with Crippen LogP contribution in [0.2, 0.25) is 5.02 Å². The van der Waals surface area contributed by atoms with Crippen LogP contribution in [0.15, 0.2) is 18.2 Å². The maximum atomic E-state index is 6.23. The second kappa shape index (κ2) is 5.29. The number of nitrogens with zero attached hydrogens (tertiary/aromatic N) is 1.